The topological polar surface area (TPSA) is 50.4 Å². The third-order valence-electron chi connectivity index (χ3n) is 4.41. The van der Waals surface area contributed by atoms with Gasteiger partial charge in [-0.2, -0.15) is 0 Å². The number of hydrogen-bond donors (Lipinski definition) is 1. The van der Waals surface area contributed by atoms with E-state index in [9.17, 15) is 9.90 Å². The minimum absolute atomic E-state index is 0.0703. The molecule has 3 aromatic rings. The van der Waals surface area contributed by atoms with E-state index < -0.39 is 0 Å². The summed E-state index contributed by atoms with van der Waals surface area (Å²) in [6.45, 7) is 8.52. The van der Waals surface area contributed by atoms with E-state index in [-0.39, 0.29) is 11.2 Å². The monoisotopic (exact) mass is 322 g/mol. The third-order valence-corrected chi connectivity index (χ3v) is 4.41. The van der Waals surface area contributed by atoms with Gasteiger partial charge in [-0.25, -0.2) is 0 Å². The van der Waals surface area contributed by atoms with Gasteiger partial charge in [0, 0.05) is 6.07 Å². The fourth-order valence-corrected chi connectivity index (χ4v) is 2.97. The van der Waals surface area contributed by atoms with Crippen LogP contribution in [0.5, 0.6) is 5.75 Å². The molecule has 0 unspecified atom stereocenters. The van der Waals surface area contributed by atoms with E-state index in [1.165, 1.54) is 24.0 Å². The normalized spacial score (nSPS) is 11.6. The second kappa shape index (κ2) is 6.16. The summed E-state index contributed by atoms with van der Waals surface area (Å²) in [6, 6.07) is 10.9. The first-order valence-electron chi connectivity index (χ1n) is 8.27. The molecule has 0 bridgehead atoms. The van der Waals surface area contributed by atoms with Gasteiger partial charge in [-0.1, -0.05) is 45.9 Å². The number of benzene rings is 2. The van der Waals surface area contributed by atoms with Gasteiger partial charge < -0.3 is 9.52 Å². The molecule has 24 heavy (non-hydrogen) atoms. The first-order valence-corrected chi connectivity index (χ1v) is 8.27. The lowest BCUT2D eigenvalue weighted by atomic mass is 9.89. The minimum Gasteiger partial charge on any atom is -0.508 e. The second-order valence-corrected chi connectivity index (χ2v) is 6.82. The maximum absolute atomic E-state index is 13.0. The molecular weight excluding hydrogens is 300 g/mol. The lowest BCUT2D eigenvalue weighted by molar-refractivity contribution is 0.474. The van der Waals surface area contributed by atoms with Gasteiger partial charge in [0.15, 0.2) is 0 Å². The van der Waals surface area contributed by atoms with Crippen LogP contribution < -0.4 is 5.43 Å². The Balaban J connectivity index is 2.30. The Morgan fingerprint density at radius 3 is 2.33 bits per heavy atom. The average molecular weight is 322 g/mol. The fourth-order valence-electron chi connectivity index (χ4n) is 2.97. The molecule has 0 aliphatic carbocycles. The predicted molar refractivity (Wildman–Crippen MR) is 97.8 cm³/mol. The molecule has 0 aliphatic heterocycles. The molecule has 1 N–H and O–H groups in total. The molecule has 0 saturated carbocycles. The van der Waals surface area contributed by atoms with Crippen LogP contribution in [0.2, 0.25) is 0 Å². The molecule has 3 rings (SSSR count). The summed E-state index contributed by atoms with van der Waals surface area (Å²) in [5, 5.41) is 10.0. The molecule has 124 valence electrons. The van der Waals surface area contributed by atoms with Gasteiger partial charge >= 0.3 is 0 Å². The van der Waals surface area contributed by atoms with E-state index in [0.717, 1.165) is 11.1 Å². The highest BCUT2D eigenvalue weighted by molar-refractivity contribution is 5.83. The molecule has 0 amide bonds. The number of phenolic OH excluding ortho intramolecular Hbond substituents is 1. The Labute approximate surface area is 141 Å². The first kappa shape index (κ1) is 16.3. The van der Waals surface area contributed by atoms with Gasteiger partial charge in [0.1, 0.15) is 17.6 Å². The zero-order valence-corrected chi connectivity index (χ0v) is 14.5. The number of aromatic hydroxyl groups is 1. The van der Waals surface area contributed by atoms with Crippen molar-refractivity contribution in [2.75, 3.05) is 0 Å². The maximum atomic E-state index is 13.0. The van der Waals surface area contributed by atoms with Crippen LogP contribution >= 0.6 is 0 Å². The summed E-state index contributed by atoms with van der Waals surface area (Å²) in [6.07, 6.45) is 1.51. The van der Waals surface area contributed by atoms with Crippen LogP contribution in [-0.4, -0.2) is 5.11 Å². The van der Waals surface area contributed by atoms with Crippen molar-refractivity contribution in [3.8, 4) is 16.9 Å². The quantitative estimate of drug-likeness (QED) is 0.701. The van der Waals surface area contributed by atoms with Crippen molar-refractivity contribution >= 4 is 11.0 Å². The molecule has 2 aromatic carbocycles. The zero-order valence-electron chi connectivity index (χ0n) is 14.5. The van der Waals surface area contributed by atoms with Gasteiger partial charge in [0.05, 0.1) is 10.9 Å². The summed E-state index contributed by atoms with van der Waals surface area (Å²) in [7, 11) is 0. The molecule has 0 fully saturated rings. The van der Waals surface area contributed by atoms with E-state index in [0.29, 0.717) is 28.4 Å². The highest BCUT2D eigenvalue weighted by atomic mass is 16.3. The molecular formula is C21H22O3. The Bertz CT molecular complexity index is 949. The van der Waals surface area contributed by atoms with Crippen LogP contribution in [0.3, 0.4) is 0 Å². The Kier molecular flexibility index (Phi) is 4.18. The number of fused-ring (bicyclic) bond motifs is 1. The van der Waals surface area contributed by atoms with Crippen molar-refractivity contribution in [3.63, 3.8) is 0 Å². The van der Waals surface area contributed by atoms with Crippen LogP contribution in [0.15, 0.2) is 51.9 Å². The van der Waals surface area contributed by atoms with Crippen molar-refractivity contribution in [1.29, 1.82) is 0 Å². The molecule has 1 heterocycles. The predicted octanol–water partition coefficient (Wildman–Crippen LogP) is 5.41. The standard InChI is InChI=1S/C21H22O3/c1-12(2)14-5-7-16(13(3)4)18(9-14)19-11-24-20-10-15(22)6-8-17(20)21(19)23/h5-13,22H,1-4H3. The largest absolute Gasteiger partial charge is 0.508 e. The second-order valence-electron chi connectivity index (χ2n) is 6.82. The first-order chi connectivity index (χ1) is 11.4. The van der Waals surface area contributed by atoms with Crippen LogP contribution in [0.25, 0.3) is 22.1 Å². The Morgan fingerprint density at radius 1 is 0.917 bits per heavy atom. The van der Waals surface area contributed by atoms with Crippen LogP contribution in [0, 0.1) is 0 Å². The van der Waals surface area contributed by atoms with Crippen molar-refractivity contribution in [2.45, 2.75) is 39.5 Å². The van der Waals surface area contributed by atoms with Gasteiger partial charge in [-0.15, -0.1) is 0 Å². The van der Waals surface area contributed by atoms with E-state index in [1.807, 2.05) is 0 Å². The lowest BCUT2D eigenvalue weighted by Crippen LogP contribution is -2.07. The molecule has 0 radical (unpaired) electrons. The molecule has 0 aliphatic rings. The molecule has 0 atom stereocenters. The molecule has 0 spiro atoms. The van der Waals surface area contributed by atoms with E-state index in [1.54, 1.807) is 6.07 Å². The van der Waals surface area contributed by atoms with Gasteiger partial charge in [0.2, 0.25) is 5.43 Å². The van der Waals surface area contributed by atoms with E-state index in [4.69, 9.17) is 4.42 Å². The summed E-state index contributed by atoms with van der Waals surface area (Å²) in [4.78, 5) is 13.0. The fraction of sp³-hybridized carbons (Fsp3) is 0.286. The summed E-state index contributed by atoms with van der Waals surface area (Å²) < 4.78 is 5.63. The Morgan fingerprint density at radius 2 is 1.67 bits per heavy atom. The summed E-state index contributed by atoms with van der Waals surface area (Å²) >= 11 is 0. The number of phenols is 1. The smallest absolute Gasteiger partial charge is 0.200 e. The van der Waals surface area contributed by atoms with Crippen molar-refractivity contribution in [3.05, 3.63) is 64.0 Å². The van der Waals surface area contributed by atoms with Crippen LogP contribution in [0.4, 0.5) is 0 Å². The molecule has 3 heteroatoms. The van der Waals surface area contributed by atoms with E-state index >= 15 is 0 Å². The van der Waals surface area contributed by atoms with Crippen LogP contribution in [-0.2, 0) is 0 Å². The summed E-state index contributed by atoms with van der Waals surface area (Å²) in [5.74, 6) is 0.772. The third kappa shape index (κ3) is 2.82. The minimum atomic E-state index is -0.0703. The van der Waals surface area contributed by atoms with Crippen molar-refractivity contribution in [2.24, 2.45) is 0 Å². The number of rotatable bonds is 3. The zero-order chi connectivity index (χ0) is 17.4. The molecule has 3 nitrogen and oxygen atoms in total. The molecule has 1 aromatic heterocycles. The highest BCUT2D eigenvalue weighted by Crippen LogP contribution is 2.32. The maximum Gasteiger partial charge on any atom is 0.200 e. The SMILES string of the molecule is CC(C)c1ccc(C(C)C)c(-c2coc3cc(O)ccc3c2=O)c1. The van der Waals surface area contributed by atoms with Crippen molar-refractivity contribution < 1.29 is 9.52 Å². The van der Waals surface area contributed by atoms with Gasteiger partial charge in [0.25, 0.3) is 0 Å². The summed E-state index contributed by atoms with van der Waals surface area (Å²) in [5.41, 5.74) is 4.15. The van der Waals surface area contributed by atoms with E-state index in [2.05, 4.69) is 45.9 Å². The van der Waals surface area contributed by atoms with Crippen LogP contribution in [0.1, 0.15) is 50.7 Å². The molecule has 0 saturated heterocycles. The number of hydrogen-bond acceptors (Lipinski definition) is 3. The lowest BCUT2D eigenvalue weighted by Gasteiger charge is -2.16. The van der Waals surface area contributed by atoms with Gasteiger partial charge in [-0.3, -0.25) is 4.79 Å². The highest BCUT2D eigenvalue weighted by Gasteiger charge is 2.16. The van der Waals surface area contributed by atoms with Gasteiger partial charge in [-0.05, 0) is 40.7 Å². The average Bonchev–Trinajstić information content (AvgIpc) is 2.54. The van der Waals surface area contributed by atoms with Crippen molar-refractivity contribution in [1.82, 2.24) is 0 Å². The Hall–Kier alpha value is -2.55.